The van der Waals surface area contributed by atoms with Crippen molar-refractivity contribution in [2.75, 3.05) is 31.1 Å². The van der Waals surface area contributed by atoms with Gasteiger partial charge in [-0.05, 0) is 49.4 Å². The van der Waals surface area contributed by atoms with Gasteiger partial charge in [-0.2, -0.15) is 0 Å². The van der Waals surface area contributed by atoms with Crippen LogP contribution in [0.3, 0.4) is 0 Å². The lowest BCUT2D eigenvalue weighted by atomic mass is 10.1. The number of rotatable bonds is 6. The van der Waals surface area contributed by atoms with Gasteiger partial charge in [-0.1, -0.05) is 6.07 Å². The summed E-state index contributed by atoms with van der Waals surface area (Å²) in [6, 6.07) is 10.7. The summed E-state index contributed by atoms with van der Waals surface area (Å²) >= 11 is 1.82. The maximum absolute atomic E-state index is 4.76. The monoisotopic (exact) mass is 397 g/mol. The number of hydrogen-bond acceptors (Lipinski definition) is 5. The molecule has 1 aliphatic heterocycles. The summed E-state index contributed by atoms with van der Waals surface area (Å²) in [5.41, 5.74) is 0.879. The number of anilines is 1. The van der Waals surface area contributed by atoms with Gasteiger partial charge in [-0.3, -0.25) is 9.39 Å². The zero-order chi connectivity index (χ0) is 19.2. The number of nitrogens with one attached hydrogen (secondary N) is 2. The van der Waals surface area contributed by atoms with Crippen LogP contribution in [0, 0.1) is 0 Å². The van der Waals surface area contributed by atoms with Gasteiger partial charge < -0.3 is 15.5 Å². The number of aliphatic imine (C=N–C) groups is 1. The lowest BCUT2D eigenvalue weighted by Gasteiger charge is -2.33. The Kier molecular flexibility index (Phi) is 6.06. The molecule has 1 fully saturated rings. The summed E-state index contributed by atoms with van der Waals surface area (Å²) in [4.78, 5) is 7.24. The summed E-state index contributed by atoms with van der Waals surface area (Å²) in [6.07, 6.45) is 5.01. The van der Waals surface area contributed by atoms with E-state index >= 15 is 0 Å². The summed E-state index contributed by atoms with van der Waals surface area (Å²) in [7, 11) is 0. The van der Waals surface area contributed by atoms with E-state index < -0.39 is 0 Å². The van der Waals surface area contributed by atoms with Crippen LogP contribution in [0.1, 0.15) is 25.6 Å². The maximum atomic E-state index is 4.76. The first-order valence-corrected chi connectivity index (χ1v) is 10.8. The molecule has 148 valence electrons. The number of piperidine rings is 1. The number of guanidine groups is 1. The first kappa shape index (κ1) is 18.7. The molecular formula is C20H27N7S. The van der Waals surface area contributed by atoms with Crippen LogP contribution >= 0.6 is 11.3 Å². The molecule has 0 aliphatic carbocycles. The number of fused-ring (bicyclic) bond motifs is 1. The van der Waals surface area contributed by atoms with Crippen LogP contribution in [-0.2, 0) is 6.42 Å². The fraction of sp³-hybridized carbons (Fsp3) is 0.450. The second kappa shape index (κ2) is 9.05. The second-order valence-electron chi connectivity index (χ2n) is 6.91. The predicted molar refractivity (Wildman–Crippen MR) is 115 cm³/mol. The molecule has 8 heteroatoms. The highest BCUT2D eigenvalue weighted by Crippen LogP contribution is 2.24. The molecule has 1 saturated heterocycles. The smallest absolute Gasteiger partial charge is 0.191 e. The highest BCUT2D eigenvalue weighted by Gasteiger charge is 2.20. The van der Waals surface area contributed by atoms with Gasteiger partial charge in [-0.25, -0.2) is 0 Å². The minimum atomic E-state index is 0.461. The lowest BCUT2D eigenvalue weighted by Crippen LogP contribution is -2.48. The molecule has 28 heavy (non-hydrogen) atoms. The minimum absolute atomic E-state index is 0.461. The third kappa shape index (κ3) is 4.44. The van der Waals surface area contributed by atoms with Crippen LogP contribution in [-0.4, -0.2) is 52.8 Å². The van der Waals surface area contributed by atoms with Crippen molar-refractivity contribution in [2.45, 2.75) is 32.2 Å². The standard InChI is InChI=1S/C20H27N7S/c1-2-21-20(22-11-8-18-25-24-17-6-3-4-12-27(17)18)23-16-9-13-26(14-10-16)19-7-5-15-28-19/h3-7,12,15-16H,2,8-11,13-14H2,1H3,(H2,21,22,23). The van der Waals surface area contributed by atoms with Crippen molar-refractivity contribution < 1.29 is 0 Å². The highest BCUT2D eigenvalue weighted by atomic mass is 32.1. The third-order valence-corrected chi connectivity index (χ3v) is 5.92. The van der Waals surface area contributed by atoms with E-state index in [1.165, 1.54) is 5.00 Å². The highest BCUT2D eigenvalue weighted by molar-refractivity contribution is 7.14. The van der Waals surface area contributed by atoms with Gasteiger partial charge in [-0.15, -0.1) is 21.5 Å². The van der Waals surface area contributed by atoms with Crippen molar-refractivity contribution in [1.82, 2.24) is 25.2 Å². The Bertz CT molecular complexity index is 894. The van der Waals surface area contributed by atoms with Crippen LogP contribution in [0.5, 0.6) is 0 Å². The molecule has 3 aromatic heterocycles. The molecule has 0 bridgehead atoms. The summed E-state index contributed by atoms with van der Waals surface area (Å²) < 4.78 is 2.02. The van der Waals surface area contributed by atoms with Crippen LogP contribution in [0.25, 0.3) is 5.65 Å². The quantitative estimate of drug-likeness (QED) is 0.494. The first-order valence-electron chi connectivity index (χ1n) is 9.95. The van der Waals surface area contributed by atoms with Crippen molar-refractivity contribution in [1.29, 1.82) is 0 Å². The van der Waals surface area contributed by atoms with E-state index in [4.69, 9.17) is 4.99 Å². The van der Waals surface area contributed by atoms with Crippen LogP contribution in [0.15, 0.2) is 46.9 Å². The van der Waals surface area contributed by atoms with Crippen molar-refractivity contribution in [3.05, 3.63) is 47.7 Å². The number of nitrogens with zero attached hydrogens (tertiary/aromatic N) is 5. The molecule has 7 nitrogen and oxygen atoms in total. The Morgan fingerprint density at radius 1 is 1.21 bits per heavy atom. The Hall–Kier alpha value is -2.61. The van der Waals surface area contributed by atoms with Gasteiger partial charge in [0.2, 0.25) is 0 Å². The topological polar surface area (TPSA) is 69.8 Å². The average Bonchev–Trinajstić information content (AvgIpc) is 3.39. The second-order valence-corrected chi connectivity index (χ2v) is 7.84. The lowest BCUT2D eigenvalue weighted by molar-refractivity contribution is 0.463. The van der Waals surface area contributed by atoms with Crippen molar-refractivity contribution >= 4 is 27.9 Å². The van der Waals surface area contributed by atoms with Crippen molar-refractivity contribution in [2.24, 2.45) is 4.99 Å². The molecule has 1 aliphatic rings. The Morgan fingerprint density at radius 2 is 2.11 bits per heavy atom. The molecular weight excluding hydrogens is 370 g/mol. The predicted octanol–water partition coefficient (Wildman–Crippen LogP) is 2.56. The van der Waals surface area contributed by atoms with E-state index in [1.807, 2.05) is 40.1 Å². The summed E-state index contributed by atoms with van der Waals surface area (Å²) in [5, 5.41) is 19.0. The molecule has 0 unspecified atom stereocenters. The fourth-order valence-corrected chi connectivity index (χ4v) is 4.32. The Balaban J connectivity index is 1.31. The molecule has 2 N–H and O–H groups in total. The van der Waals surface area contributed by atoms with Gasteiger partial charge >= 0.3 is 0 Å². The van der Waals surface area contributed by atoms with Gasteiger partial charge in [0.25, 0.3) is 0 Å². The zero-order valence-corrected chi connectivity index (χ0v) is 17.0. The number of thiophene rings is 1. The molecule has 0 amide bonds. The van der Waals surface area contributed by atoms with Gasteiger partial charge in [0, 0.05) is 44.8 Å². The van der Waals surface area contributed by atoms with Gasteiger partial charge in [0.15, 0.2) is 11.6 Å². The Labute approximate surface area is 169 Å². The van der Waals surface area contributed by atoms with E-state index in [0.29, 0.717) is 12.6 Å². The number of hydrogen-bond donors (Lipinski definition) is 2. The Morgan fingerprint density at radius 3 is 2.89 bits per heavy atom. The first-order chi connectivity index (χ1) is 13.8. The number of aromatic nitrogens is 3. The molecule has 0 aromatic carbocycles. The molecule has 0 atom stereocenters. The van der Waals surface area contributed by atoms with Crippen LogP contribution < -0.4 is 15.5 Å². The van der Waals surface area contributed by atoms with E-state index in [0.717, 1.165) is 56.3 Å². The molecule has 0 spiro atoms. The minimum Gasteiger partial charge on any atom is -0.363 e. The molecule has 3 aromatic rings. The van der Waals surface area contributed by atoms with Crippen molar-refractivity contribution in [3.63, 3.8) is 0 Å². The van der Waals surface area contributed by atoms with Crippen LogP contribution in [0.4, 0.5) is 5.00 Å². The van der Waals surface area contributed by atoms with E-state index in [2.05, 4.69) is 50.2 Å². The van der Waals surface area contributed by atoms with Crippen molar-refractivity contribution in [3.8, 4) is 0 Å². The van der Waals surface area contributed by atoms with E-state index in [9.17, 15) is 0 Å². The third-order valence-electron chi connectivity index (χ3n) is 4.99. The molecule has 4 heterocycles. The normalized spacial score (nSPS) is 15.9. The zero-order valence-electron chi connectivity index (χ0n) is 16.2. The molecule has 0 radical (unpaired) electrons. The molecule has 0 saturated carbocycles. The fourth-order valence-electron chi connectivity index (χ4n) is 3.54. The van der Waals surface area contributed by atoms with Crippen LogP contribution in [0.2, 0.25) is 0 Å². The number of pyridine rings is 1. The average molecular weight is 398 g/mol. The molecule has 4 rings (SSSR count). The van der Waals surface area contributed by atoms with E-state index in [1.54, 1.807) is 0 Å². The van der Waals surface area contributed by atoms with Gasteiger partial charge in [0.1, 0.15) is 5.82 Å². The van der Waals surface area contributed by atoms with E-state index in [-0.39, 0.29) is 0 Å². The van der Waals surface area contributed by atoms with Gasteiger partial charge in [0.05, 0.1) is 5.00 Å². The maximum Gasteiger partial charge on any atom is 0.191 e. The summed E-state index contributed by atoms with van der Waals surface area (Å²) in [6.45, 7) is 5.81. The summed E-state index contributed by atoms with van der Waals surface area (Å²) in [5.74, 6) is 1.84. The SMILES string of the molecule is CCNC(=NCCc1nnc2ccccn12)NC1CCN(c2cccs2)CC1. The largest absolute Gasteiger partial charge is 0.363 e.